The van der Waals surface area contributed by atoms with E-state index in [2.05, 4.69) is 10.1 Å². The lowest BCUT2D eigenvalue weighted by Crippen LogP contribution is -2.43. The van der Waals surface area contributed by atoms with Gasteiger partial charge in [0, 0.05) is 6.54 Å². The minimum Gasteiger partial charge on any atom is -0.469 e. The van der Waals surface area contributed by atoms with Crippen molar-refractivity contribution in [2.45, 2.75) is 25.2 Å². The number of nitrogens with one attached hydrogen (secondary N) is 1. The van der Waals surface area contributed by atoms with Crippen LogP contribution >= 0.6 is 0 Å². The van der Waals surface area contributed by atoms with E-state index < -0.39 is 24.6 Å². The first-order chi connectivity index (χ1) is 8.43. The van der Waals surface area contributed by atoms with Crippen LogP contribution < -0.4 is 5.32 Å². The molecule has 0 saturated heterocycles. The minimum absolute atomic E-state index is 0.0437. The number of benzene rings is 1. The molecule has 18 heavy (non-hydrogen) atoms. The molecular weight excluding hydrogens is 247 g/mol. The normalized spacial score (nSPS) is 13.1. The maximum atomic E-state index is 12.6. The Morgan fingerprint density at radius 1 is 1.33 bits per heavy atom. The molecule has 0 aliphatic carbocycles. The van der Waals surface area contributed by atoms with Crippen LogP contribution in [-0.4, -0.2) is 25.3 Å². The molecule has 1 N–H and O–H groups in total. The molecule has 3 nitrogen and oxygen atoms in total. The average Bonchev–Trinajstić information content (AvgIpc) is 2.34. The third-order valence-electron chi connectivity index (χ3n) is 2.39. The van der Waals surface area contributed by atoms with Gasteiger partial charge in [-0.2, -0.15) is 13.2 Å². The topological polar surface area (TPSA) is 38.3 Å². The van der Waals surface area contributed by atoms with Crippen LogP contribution in [0.2, 0.25) is 0 Å². The Bertz CT molecular complexity index is 379. The Labute approximate surface area is 103 Å². The standard InChI is InChI=1S/C12H14F3NO2/c1-18-11(17)7-10(12(13,14)15)16-8-9-5-3-2-4-6-9/h2-6,10,16H,7-8H2,1H3/t10-/m0/s1. The summed E-state index contributed by atoms with van der Waals surface area (Å²) in [7, 11) is 1.06. The van der Waals surface area contributed by atoms with E-state index in [4.69, 9.17) is 0 Å². The summed E-state index contributed by atoms with van der Waals surface area (Å²) in [6.45, 7) is 0.0437. The fourth-order valence-corrected chi connectivity index (χ4v) is 1.39. The van der Waals surface area contributed by atoms with Crippen LogP contribution in [0.15, 0.2) is 30.3 Å². The monoisotopic (exact) mass is 261 g/mol. The molecule has 0 aliphatic heterocycles. The molecule has 0 fully saturated rings. The highest BCUT2D eigenvalue weighted by molar-refractivity contribution is 5.70. The van der Waals surface area contributed by atoms with E-state index in [1.165, 1.54) is 0 Å². The molecule has 0 aromatic heterocycles. The summed E-state index contributed by atoms with van der Waals surface area (Å²) in [5.41, 5.74) is 0.719. The molecule has 0 unspecified atom stereocenters. The average molecular weight is 261 g/mol. The number of halogens is 3. The number of methoxy groups -OCH3 is 1. The third kappa shape index (κ3) is 4.75. The summed E-state index contributed by atoms with van der Waals surface area (Å²) in [5.74, 6) is -0.891. The number of alkyl halides is 3. The number of hydrogen-bond donors (Lipinski definition) is 1. The molecule has 1 aromatic carbocycles. The maximum Gasteiger partial charge on any atom is 0.404 e. The minimum atomic E-state index is -4.48. The van der Waals surface area contributed by atoms with Crippen LogP contribution in [0.25, 0.3) is 0 Å². The van der Waals surface area contributed by atoms with Crippen LogP contribution in [0, 0.1) is 0 Å². The highest BCUT2D eigenvalue weighted by atomic mass is 19.4. The van der Waals surface area contributed by atoms with Crippen molar-refractivity contribution in [1.29, 1.82) is 0 Å². The van der Waals surface area contributed by atoms with Gasteiger partial charge in [-0.25, -0.2) is 0 Å². The molecule has 0 aliphatic rings. The van der Waals surface area contributed by atoms with Gasteiger partial charge in [-0.3, -0.25) is 4.79 Å². The predicted octanol–water partition coefficient (Wildman–Crippen LogP) is 2.27. The first kappa shape index (κ1) is 14.5. The quantitative estimate of drug-likeness (QED) is 0.826. The molecule has 0 saturated carbocycles. The van der Waals surface area contributed by atoms with Crippen LogP contribution in [0.1, 0.15) is 12.0 Å². The molecule has 100 valence electrons. The third-order valence-corrected chi connectivity index (χ3v) is 2.39. The van der Waals surface area contributed by atoms with Crippen molar-refractivity contribution < 1.29 is 22.7 Å². The second-order valence-electron chi connectivity index (χ2n) is 3.74. The number of ether oxygens (including phenoxy) is 1. The van der Waals surface area contributed by atoms with Crippen molar-refractivity contribution in [3.63, 3.8) is 0 Å². The van der Waals surface area contributed by atoms with Crippen molar-refractivity contribution in [1.82, 2.24) is 5.32 Å². The zero-order valence-corrected chi connectivity index (χ0v) is 9.83. The Morgan fingerprint density at radius 3 is 2.44 bits per heavy atom. The first-order valence-corrected chi connectivity index (χ1v) is 5.34. The van der Waals surface area contributed by atoms with Gasteiger partial charge in [0.2, 0.25) is 0 Å². The van der Waals surface area contributed by atoms with Crippen LogP contribution in [0.3, 0.4) is 0 Å². The molecule has 1 rings (SSSR count). The van der Waals surface area contributed by atoms with Crippen molar-refractivity contribution in [3.05, 3.63) is 35.9 Å². The lowest BCUT2D eigenvalue weighted by atomic mass is 10.1. The molecule has 1 atom stereocenters. The molecule has 0 spiro atoms. The number of carbonyl (C=O) groups excluding carboxylic acids is 1. The van der Waals surface area contributed by atoms with Crippen molar-refractivity contribution in [3.8, 4) is 0 Å². The summed E-state index contributed by atoms with van der Waals surface area (Å²) in [5, 5.41) is 2.32. The van der Waals surface area contributed by atoms with Gasteiger partial charge >= 0.3 is 12.1 Å². The van der Waals surface area contributed by atoms with Gasteiger partial charge in [-0.1, -0.05) is 30.3 Å². The van der Waals surface area contributed by atoms with Crippen molar-refractivity contribution in [2.75, 3.05) is 7.11 Å². The predicted molar refractivity (Wildman–Crippen MR) is 59.8 cm³/mol. The first-order valence-electron chi connectivity index (χ1n) is 5.34. The van der Waals surface area contributed by atoms with E-state index in [0.29, 0.717) is 0 Å². The van der Waals surface area contributed by atoms with Gasteiger partial charge in [0.05, 0.1) is 13.5 Å². The summed E-state index contributed by atoms with van der Waals surface area (Å²) < 4.78 is 42.2. The van der Waals surface area contributed by atoms with E-state index in [9.17, 15) is 18.0 Å². The van der Waals surface area contributed by atoms with Gasteiger partial charge in [0.25, 0.3) is 0 Å². The lowest BCUT2D eigenvalue weighted by molar-refractivity contribution is -0.168. The van der Waals surface area contributed by atoms with Crippen molar-refractivity contribution >= 4 is 5.97 Å². The zero-order valence-electron chi connectivity index (χ0n) is 9.83. The Hall–Kier alpha value is -1.56. The summed E-state index contributed by atoms with van der Waals surface area (Å²) in [4.78, 5) is 10.9. The van der Waals surface area contributed by atoms with Gasteiger partial charge in [-0.05, 0) is 5.56 Å². The maximum absolute atomic E-state index is 12.6. The van der Waals surface area contributed by atoms with E-state index in [1.807, 2.05) is 0 Å². The number of hydrogen-bond acceptors (Lipinski definition) is 3. The van der Waals surface area contributed by atoms with Crippen LogP contribution in [0.4, 0.5) is 13.2 Å². The van der Waals surface area contributed by atoms with Crippen LogP contribution in [0.5, 0.6) is 0 Å². The Balaban J connectivity index is 2.59. The summed E-state index contributed by atoms with van der Waals surface area (Å²) in [6, 6.07) is 6.76. The molecule has 0 amide bonds. The van der Waals surface area contributed by atoms with Gasteiger partial charge in [-0.15, -0.1) is 0 Å². The lowest BCUT2D eigenvalue weighted by Gasteiger charge is -2.20. The summed E-state index contributed by atoms with van der Waals surface area (Å²) >= 11 is 0. The fraction of sp³-hybridized carbons (Fsp3) is 0.417. The number of esters is 1. The van der Waals surface area contributed by atoms with Gasteiger partial charge in [0.15, 0.2) is 0 Å². The molecule has 0 radical (unpaired) electrons. The second kappa shape index (κ2) is 6.39. The number of rotatable bonds is 5. The fourth-order valence-electron chi connectivity index (χ4n) is 1.39. The van der Waals surface area contributed by atoms with Crippen molar-refractivity contribution in [2.24, 2.45) is 0 Å². The van der Waals surface area contributed by atoms with Crippen LogP contribution in [-0.2, 0) is 16.1 Å². The zero-order chi connectivity index (χ0) is 13.6. The van der Waals surface area contributed by atoms with Gasteiger partial charge in [0.1, 0.15) is 6.04 Å². The Kier molecular flexibility index (Phi) is 5.15. The highest BCUT2D eigenvalue weighted by Crippen LogP contribution is 2.23. The number of carbonyl (C=O) groups is 1. The molecule has 6 heteroatoms. The molecule has 0 bridgehead atoms. The van der Waals surface area contributed by atoms with E-state index in [1.54, 1.807) is 30.3 Å². The second-order valence-corrected chi connectivity index (χ2v) is 3.74. The highest BCUT2D eigenvalue weighted by Gasteiger charge is 2.40. The van der Waals surface area contributed by atoms with Gasteiger partial charge < -0.3 is 10.1 Å². The van der Waals surface area contributed by atoms with E-state index >= 15 is 0 Å². The van der Waals surface area contributed by atoms with E-state index in [0.717, 1.165) is 12.7 Å². The Morgan fingerprint density at radius 2 is 1.94 bits per heavy atom. The molecule has 0 heterocycles. The van der Waals surface area contributed by atoms with E-state index in [-0.39, 0.29) is 6.54 Å². The SMILES string of the molecule is COC(=O)C[C@H](NCc1ccccc1)C(F)(F)F. The largest absolute Gasteiger partial charge is 0.469 e. The molecular formula is C12H14F3NO2. The molecule has 1 aromatic rings. The smallest absolute Gasteiger partial charge is 0.404 e. The summed E-state index contributed by atoms with van der Waals surface area (Å²) in [6.07, 6.45) is -5.21.